The fourth-order valence-corrected chi connectivity index (χ4v) is 3.35. The molecule has 1 amide bonds. The largest absolute Gasteiger partial charge is 0.305 e. The third-order valence-electron chi connectivity index (χ3n) is 5.18. The van der Waals surface area contributed by atoms with Crippen LogP contribution in [0.4, 0.5) is 5.95 Å². The van der Waals surface area contributed by atoms with Crippen molar-refractivity contribution in [2.75, 3.05) is 5.32 Å². The molecule has 0 aliphatic rings. The molecular formula is C22H23N5O. The number of hydrogen-bond acceptors (Lipinski definition) is 3. The summed E-state index contributed by atoms with van der Waals surface area (Å²) < 4.78 is 3.84. The molecule has 0 radical (unpaired) electrons. The summed E-state index contributed by atoms with van der Waals surface area (Å²) in [7, 11) is 1.87. The number of imidazole rings is 1. The van der Waals surface area contributed by atoms with E-state index in [1.807, 2.05) is 50.4 Å². The molecule has 0 bridgehead atoms. The van der Waals surface area contributed by atoms with Crippen molar-refractivity contribution in [3.8, 4) is 0 Å². The average molecular weight is 373 g/mol. The highest BCUT2D eigenvalue weighted by molar-refractivity contribution is 5.93. The van der Waals surface area contributed by atoms with Gasteiger partial charge in [0.05, 0.1) is 30.2 Å². The van der Waals surface area contributed by atoms with E-state index in [-0.39, 0.29) is 12.3 Å². The second-order valence-electron chi connectivity index (χ2n) is 7.04. The summed E-state index contributed by atoms with van der Waals surface area (Å²) in [6, 6.07) is 16.2. The molecule has 0 saturated heterocycles. The van der Waals surface area contributed by atoms with E-state index in [9.17, 15) is 4.79 Å². The zero-order valence-electron chi connectivity index (χ0n) is 16.3. The standard InChI is InChI=1S/C22H23N5O/c1-15-8-4-5-9-17(15)14-27-20-11-7-6-10-19(20)24-22(27)25-21(28)12-18-13-23-26(3)16(18)2/h4-11,13H,12,14H2,1-3H3,(H,24,25,28). The van der Waals surface area contributed by atoms with Crippen LogP contribution in [0.1, 0.15) is 22.4 Å². The fourth-order valence-electron chi connectivity index (χ4n) is 3.35. The van der Waals surface area contributed by atoms with Crippen LogP contribution in [0.25, 0.3) is 11.0 Å². The predicted molar refractivity (Wildman–Crippen MR) is 110 cm³/mol. The number of benzene rings is 2. The molecule has 2 aromatic carbocycles. The van der Waals surface area contributed by atoms with Crippen LogP contribution in [-0.2, 0) is 24.8 Å². The first-order valence-electron chi connectivity index (χ1n) is 9.30. The van der Waals surface area contributed by atoms with Crippen LogP contribution >= 0.6 is 0 Å². The smallest absolute Gasteiger partial charge is 0.231 e. The lowest BCUT2D eigenvalue weighted by molar-refractivity contribution is -0.115. The molecule has 0 aliphatic heterocycles. The first-order chi connectivity index (χ1) is 13.5. The zero-order chi connectivity index (χ0) is 19.7. The van der Waals surface area contributed by atoms with Crippen molar-refractivity contribution >= 4 is 22.9 Å². The van der Waals surface area contributed by atoms with Gasteiger partial charge >= 0.3 is 0 Å². The van der Waals surface area contributed by atoms with Crippen molar-refractivity contribution in [2.45, 2.75) is 26.8 Å². The van der Waals surface area contributed by atoms with Crippen LogP contribution in [0.3, 0.4) is 0 Å². The van der Waals surface area contributed by atoms with Crippen molar-refractivity contribution in [1.29, 1.82) is 0 Å². The average Bonchev–Trinajstić information content (AvgIpc) is 3.18. The maximum atomic E-state index is 12.7. The Morgan fingerprint density at radius 2 is 1.79 bits per heavy atom. The molecule has 0 saturated carbocycles. The topological polar surface area (TPSA) is 64.7 Å². The van der Waals surface area contributed by atoms with E-state index in [1.165, 1.54) is 11.1 Å². The normalized spacial score (nSPS) is 11.1. The third-order valence-corrected chi connectivity index (χ3v) is 5.18. The highest BCUT2D eigenvalue weighted by Crippen LogP contribution is 2.22. The van der Waals surface area contributed by atoms with Crippen LogP contribution in [0, 0.1) is 13.8 Å². The number of aryl methyl sites for hydroxylation is 2. The minimum Gasteiger partial charge on any atom is -0.305 e. The molecule has 2 heterocycles. The Labute approximate surface area is 163 Å². The highest BCUT2D eigenvalue weighted by Gasteiger charge is 2.16. The quantitative estimate of drug-likeness (QED) is 0.581. The van der Waals surface area contributed by atoms with Gasteiger partial charge in [0.25, 0.3) is 0 Å². The Balaban J connectivity index is 1.65. The molecule has 0 spiro atoms. The van der Waals surface area contributed by atoms with Crippen molar-refractivity contribution in [3.63, 3.8) is 0 Å². The van der Waals surface area contributed by atoms with Gasteiger partial charge < -0.3 is 4.57 Å². The van der Waals surface area contributed by atoms with Gasteiger partial charge in [-0.3, -0.25) is 14.8 Å². The molecule has 4 rings (SSSR count). The van der Waals surface area contributed by atoms with Crippen molar-refractivity contribution in [3.05, 3.63) is 77.1 Å². The summed E-state index contributed by atoms with van der Waals surface area (Å²) in [4.78, 5) is 17.3. The van der Waals surface area contributed by atoms with Gasteiger partial charge in [-0.1, -0.05) is 36.4 Å². The third kappa shape index (κ3) is 3.41. The van der Waals surface area contributed by atoms with Crippen molar-refractivity contribution in [2.24, 2.45) is 7.05 Å². The number of carbonyl (C=O) groups is 1. The molecule has 6 nitrogen and oxygen atoms in total. The fraction of sp³-hybridized carbons (Fsp3) is 0.227. The number of nitrogens with zero attached hydrogens (tertiary/aromatic N) is 4. The van der Waals surface area contributed by atoms with E-state index >= 15 is 0 Å². The molecule has 4 aromatic rings. The lowest BCUT2D eigenvalue weighted by Crippen LogP contribution is -2.18. The maximum Gasteiger partial charge on any atom is 0.231 e. The molecular weight excluding hydrogens is 350 g/mol. The Bertz CT molecular complexity index is 1150. The molecule has 1 N–H and O–H groups in total. The Morgan fingerprint density at radius 1 is 1.04 bits per heavy atom. The molecule has 0 aliphatic carbocycles. The molecule has 142 valence electrons. The van der Waals surface area contributed by atoms with E-state index in [4.69, 9.17) is 0 Å². The minimum atomic E-state index is -0.0996. The van der Waals surface area contributed by atoms with E-state index in [1.54, 1.807) is 10.9 Å². The van der Waals surface area contributed by atoms with E-state index < -0.39 is 0 Å². The van der Waals surface area contributed by atoms with Crippen LogP contribution in [-0.4, -0.2) is 25.2 Å². The number of hydrogen-bond donors (Lipinski definition) is 1. The van der Waals surface area contributed by atoms with Gasteiger partial charge in [0, 0.05) is 18.3 Å². The maximum absolute atomic E-state index is 12.7. The highest BCUT2D eigenvalue weighted by atomic mass is 16.1. The SMILES string of the molecule is Cc1ccccc1Cn1c(NC(=O)Cc2cnn(C)c2C)nc2ccccc21. The van der Waals surface area contributed by atoms with E-state index in [0.29, 0.717) is 12.5 Å². The van der Waals surface area contributed by atoms with Gasteiger partial charge in [-0.25, -0.2) is 4.98 Å². The Morgan fingerprint density at radius 3 is 2.54 bits per heavy atom. The number of rotatable bonds is 5. The first-order valence-corrected chi connectivity index (χ1v) is 9.30. The number of fused-ring (bicyclic) bond motifs is 1. The summed E-state index contributed by atoms with van der Waals surface area (Å²) >= 11 is 0. The van der Waals surface area contributed by atoms with Crippen LogP contribution < -0.4 is 5.32 Å². The van der Waals surface area contributed by atoms with Crippen LogP contribution in [0.2, 0.25) is 0 Å². The van der Waals surface area contributed by atoms with Crippen LogP contribution in [0.5, 0.6) is 0 Å². The minimum absolute atomic E-state index is 0.0996. The molecule has 0 unspecified atom stereocenters. The number of para-hydroxylation sites is 2. The molecule has 0 fully saturated rings. The van der Waals surface area contributed by atoms with E-state index in [0.717, 1.165) is 22.3 Å². The summed E-state index contributed by atoms with van der Waals surface area (Å²) in [5, 5.41) is 7.21. The number of anilines is 1. The van der Waals surface area contributed by atoms with Crippen molar-refractivity contribution < 1.29 is 4.79 Å². The van der Waals surface area contributed by atoms with Gasteiger partial charge in [-0.05, 0) is 37.1 Å². The Hall–Kier alpha value is -3.41. The zero-order valence-corrected chi connectivity index (χ0v) is 16.3. The van der Waals surface area contributed by atoms with Gasteiger partial charge in [-0.15, -0.1) is 0 Å². The lowest BCUT2D eigenvalue weighted by atomic mass is 10.1. The van der Waals surface area contributed by atoms with Gasteiger partial charge in [-0.2, -0.15) is 5.10 Å². The first kappa shape index (κ1) is 18.0. The monoisotopic (exact) mass is 373 g/mol. The summed E-state index contributed by atoms with van der Waals surface area (Å²) in [5.41, 5.74) is 6.18. The summed E-state index contributed by atoms with van der Waals surface area (Å²) in [6.07, 6.45) is 2.01. The number of carbonyl (C=O) groups excluding carboxylic acids is 1. The van der Waals surface area contributed by atoms with Gasteiger partial charge in [0.15, 0.2) is 0 Å². The van der Waals surface area contributed by atoms with Gasteiger partial charge in [0.2, 0.25) is 11.9 Å². The molecule has 6 heteroatoms. The number of nitrogens with one attached hydrogen (secondary N) is 1. The summed E-state index contributed by atoms with van der Waals surface area (Å²) in [5.74, 6) is 0.466. The molecule has 0 atom stereocenters. The number of aromatic nitrogens is 4. The molecule has 28 heavy (non-hydrogen) atoms. The molecule has 2 aromatic heterocycles. The van der Waals surface area contributed by atoms with E-state index in [2.05, 4.69) is 39.0 Å². The number of amides is 1. The second kappa shape index (κ2) is 7.31. The summed E-state index contributed by atoms with van der Waals surface area (Å²) in [6.45, 7) is 4.70. The van der Waals surface area contributed by atoms with Crippen molar-refractivity contribution in [1.82, 2.24) is 19.3 Å². The predicted octanol–water partition coefficient (Wildman–Crippen LogP) is 3.62. The lowest BCUT2D eigenvalue weighted by Gasteiger charge is -2.12. The Kier molecular flexibility index (Phi) is 4.69. The second-order valence-corrected chi connectivity index (χ2v) is 7.04. The van der Waals surface area contributed by atoms with Gasteiger partial charge in [0.1, 0.15) is 0 Å². The van der Waals surface area contributed by atoms with Crippen LogP contribution in [0.15, 0.2) is 54.7 Å².